The van der Waals surface area contributed by atoms with Crippen molar-refractivity contribution in [1.82, 2.24) is 0 Å². The number of furan rings is 1. The van der Waals surface area contributed by atoms with E-state index in [1.54, 1.807) is 0 Å². The fourth-order valence-electron chi connectivity index (χ4n) is 9.20. The second-order valence-corrected chi connectivity index (χ2v) is 15.7. The predicted molar refractivity (Wildman–Crippen MR) is 244 cm³/mol. The van der Waals surface area contributed by atoms with Crippen LogP contribution in [0.25, 0.3) is 55.0 Å². The van der Waals surface area contributed by atoms with Crippen LogP contribution in [0.15, 0.2) is 211 Å². The summed E-state index contributed by atoms with van der Waals surface area (Å²) in [4.78, 5) is 4.82. The lowest BCUT2D eigenvalue weighted by atomic mass is 9.72. The fraction of sp³-hybridized carbons (Fsp3) is 0.0545. The van der Waals surface area contributed by atoms with E-state index in [2.05, 4.69) is 224 Å². The van der Waals surface area contributed by atoms with Gasteiger partial charge in [-0.25, -0.2) is 0 Å². The number of benzene rings is 9. The highest BCUT2D eigenvalue weighted by molar-refractivity contribution is 6.14. The zero-order chi connectivity index (χ0) is 38.8. The molecule has 0 saturated heterocycles. The molecular weight excluding hydrogens is 705 g/mol. The van der Waals surface area contributed by atoms with Gasteiger partial charge in [-0.2, -0.15) is 0 Å². The van der Waals surface area contributed by atoms with Gasteiger partial charge in [-0.1, -0.05) is 159 Å². The summed E-state index contributed by atoms with van der Waals surface area (Å²) in [5.74, 6) is 0. The van der Waals surface area contributed by atoms with Crippen molar-refractivity contribution < 1.29 is 4.42 Å². The quantitative estimate of drug-likeness (QED) is 0.169. The highest BCUT2D eigenvalue weighted by Crippen LogP contribution is 2.56. The van der Waals surface area contributed by atoms with Crippen LogP contribution in [0, 0.1) is 0 Å². The first-order chi connectivity index (χ1) is 28.5. The highest BCUT2D eigenvalue weighted by Gasteiger charge is 2.38. The van der Waals surface area contributed by atoms with Crippen molar-refractivity contribution in [1.29, 1.82) is 0 Å². The average Bonchev–Trinajstić information content (AvgIpc) is 3.67. The van der Waals surface area contributed by atoms with Crippen LogP contribution in [0.1, 0.15) is 25.0 Å². The van der Waals surface area contributed by atoms with Crippen LogP contribution in [0.2, 0.25) is 0 Å². The van der Waals surface area contributed by atoms with Crippen LogP contribution >= 0.6 is 0 Å². The van der Waals surface area contributed by atoms with E-state index in [9.17, 15) is 0 Å². The van der Waals surface area contributed by atoms with E-state index in [0.29, 0.717) is 0 Å². The maximum absolute atomic E-state index is 6.68. The molecule has 3 heteroatoms. The zero-order valence-corrected chi connectivity index (χ0v) is 32.4. The Morgan fingerprint density at radius 2 is 1.03 bits per heavy atom. The van der Waals surface area contributed by atoms with Gasteiger partial charge in [-0.05, 0) is 88.3 Å². The molecule has 1 aliphatic rings. The molecule has 1 aromatic heterocycles. The topological polar surface area (TPSA) is 19.6 Å². The SMILES string of the molecule is CC1(C)c2ccccc2N(c2c(-c3cccc4c3oc3ccccc34)ccc3ccccc23)c2ccc(-c3ccc(N(c4ccccc4)c4ccccc4)cc3)cc21. The maximum Gasteiger partial charge on any atom is 0.143 e. The minimum atomic E-state index is -0.265. The van der Waals surface area contributed by atoms with Crippen molar-refractivity contribution in [3.8, 4) is 22.3 Å². The second kappa shape index (κ2) is 13.4. The Bertz CT molecular complexity index is 3100. The van der Waals surface area contributed by atoms with E-state index in [1.807, 2.05) is 6.07 Å². The van der Waals surface area contributed by atoms with Crippen LogP contribution in [0.3, 0.4) is 0 Å². The molecule has 3 nitrogen and oxygen atoms in total. The van der Waals surface area contributed by atoms with Gasteiger partial charge < -0.3 is 14.2 Å². The van der Waals surface area contributed by atoms with Gasteiger partial charge in [0.1, 0.15) is 11.2 Å². The smallest absolute Gasteiger partial charge is 0.143 e. The van der Waals surface area contributed by atoms with Crippen LogP contribution in [-0.2, 0) is 5.41 Å². The molecule has 1 aliphatic heterocycles. The molecule has 0 radical (unpaired) electrons. The number of para-hydroxylation sites is 5. The Hall–Kier alpha value is -7.36. The Kier molecular flexibility index (Phi) is 7.84. The zero-order valence-electron chi connectivity index (χ0n) is 32.4. The third-order valence-electron chi connectivity index (χ3n) is 12.0. The van der Waals surface area contributed by atoms with Gasteiger partial charge in [-0.3, -0.25) is 0 Å². The van der Waals surface area contributed by atoms with Crippen LogP contribution < -0.4 is 9.80 Å². The molecule has 0 aliphatic carbocycles. The molecule has 10 aromatic rings. The highest BCUT2D eigenvalue weighted by atomic mass is 16.3. The Morgan fingerprint density at radius 3 is 1.81 bits per heavy atom. The predicted octanol–water partition coefficient (Wildman–Crippen LogP) is 15.7. The first-order valence-electron chi connectivity index (χ1n) is 20.0. The molecule has 0 bridgehead atoms. The number of hydrogen-bond donors (Lipinski definition) is 0. The van der Waals surface area contributed by atoms with Crippen molar-refractivity contribution in [3.63, 3.8) is 0 Å². The lowest BCUT2D eigenvalue weighted by Gasteiger charge is -2.43. The first kappa shape index (κ1) is 33.9. The first-order valence-corrected chi connectivity index (χ1v) is 20.0. The van der Waals surface area contributed by atoms with E-state index in [4.69, 9.17) is 4.42 Å². The minimum Gasteiger partial charge on any atom is -0.455 e. The maximum atomic E-state index is 6.68. The molecule has 9 aromatic carbocycles. The molecule has 0 N–H and O–H groups in total. The Balaban J connectivity index is 1.09. The normalized spacial score (nSPS) is 13.1. The van der Waals surface area contributed by atoms with Crippen LogP contribution in [0.4, 0.5) is 34.1 Å². The largest absolute Gasteiger partial charge is 0.455 e. The number of anilines is 6. The van der Waals surface area contributed by atoms with E-state index >= 15 is 0 Å². The summed E-state index contributed by atoms with van der Waals surface area (Å²) in [6.07, 6.45) is 0. The van der Waals surface area contributed by atoms with Gasteiger partial charge in [0.05, 0.1) is 17.1 Å². The number of rotatable bonds is 6. The summed E-state index contributed by atoms with van der Waals surface area (Å²) < 4.78 is 6.68. The van der Waals surface area contributed by atoms with E-state index in [-0.39, 0.29) is 5.41 Å². The lowest BCUT2D eigenvalue weighted by molar-refractivity contribution is 0.632. The standard InChI is InChI=1S/C55H40N2O/c1-55(2)48-25-12-13-26-50(48)57(53-43-21-10-9-16-38(43)30-34-45(53)47-24-15-23-46-44-22-11-14-27-52(44)58-54(46)47)51-35-31-39(36-49(51)55)37-28-32-42(33-29-37)56(40-17-5-3-6-18-40)41-19-7-4-8-20-41/h3-36H,1-2H3. The summed E-state index contributed by atoms with van der Waals surface area (Å²) in [6.45, 7) is 4.73. The number of fused-ring (bicyclic) bond motifs is 6. The van der Waals surface area contributed by atoms with E-state index in [1.165, 1.54) is 44.4 Å². The monoisotopic (exact) mass is 744 g/mol. The molecule has 2 heterocycles. The second-order valence-electron chi connectivity index (χ2n) is 15.7. The van der Waals surface area contributed by atoms with Crippen LogP contribution in [-0.4, -0.2) is 0 Å². The van der Waals surface area contributed by atoms with Crippen molar-refractivity contribution in [2.45, 2.75) is 19.3 Å². The van der Waals surface area contributed by atoms with Crippen molar-refractivity contribution in [3.05, 3.63) is 217 Å². The van der Waals surface area contributed by atoms with E-state index < -0.39 is 0 Å². The molecule has 0 amide bonds. The van der Waals surface area contributed by atoms with Crippen LogP contribution in [0.5, 0.6) is 0 Å². The number of hydrogen-bond acceptors (Lipinski definition) is 3. The van der Waals surface area contributed by atoms with Gasteiger partial charge >= 0.3 is 0 Å². The molecular formula is C55H40N2O. The van der Waals surface area contributed by atoms with E-state index in [0.717, 1.165) is 55.8 Å². The summed E-state index contributed by atoms with van der Waals surface area (Å²) in [6, 6.07) is 74.3. The lowest BCUT2D eigenvalue weighted by Crippen LogP contribution is -2.31. The molecule has 0 spiro atoms. The van der Waals surface area contributed by atoms with Gasteiger partial charge in [0, 0.05) is 49.8 Å². The van der Waals surface area contributed by atoms with Gasteiger partial charge in [0.25, 0.3) is 0 Å². The molecule has 276 valence electrons. The Labute approximate surface area is 338 Å². The fourth-order valence-corrected chi connectivity index (χ4v) is 9.20. The summed E-state index contributed by atoms with van der Waals surface area (Å²) in [5, 5.41) is 4.64. The molecule has 11 rings (SSSR count). The summed E-state index contributed by atoms with van der Waals surface area (Å²) in [7, 11) is 0. The molecule has 0 atom stereocenters. The summed E-state index contributed by atoms with van der Waals surface area (Å²) in [5.41, 5.74) is 15.6. The third-order valence-corrected chi connectivity index (χ3v) is 12.0. The Morgan fingerprint density at radius 1 is 0.431 bits per heavy atom. The third kappa shape index (κ3) is 5.35. The van der Waals surface area contributed by atoms with Crippen molar-refractivity contribution in [2.24, 2.45) is 0 Å². The minimum absolute atomic E-state index is 0.265. The molecule has 0 saturated carbocycles. The molecule has 58 heavy (non-hydrogen) atoms. The summed E-state index contributed by atoms with van der Waals surface area (Å²) >= 11 is 0. The van der Waals surface area contributed by atoms with Gasteiger partial charge in [0.2, 0.25) is 0 Å². The molecule has 0 unspecified atom stereocenters. The average molecular weight is 745 g/mol. The van der Waals surface area contributed by atoms with Gasteiger partial charge in [-0.15, -0.1) is 0 Å². The number of nitrogens with zero attached hydrogens (tertiary/aromatic N) is 2. The van der Waals surface area contributed by atoms with Crippen molar-refractivity contribution >= 4 is 66.8 Å². The van der Waals surface area contributed by atoms with Gasteiger partial charge in [0.15, 0.2) is 0 Å². The molecule has 0 fully saturated rings. The van der Waals surface area contributed by atoms with Crippen molar-refractivity contribution in [2.75, 3.05) is 9.80 Å².